The van der Waals surface area contributed by atoms with E-state index in [4.69, 9.17) is 33.2 Å². The van der Waals surface area contributed by atoms with E-state index in [-0.39, 0.29) is 28.2 Å². The van der Waals surface area contributed by atoms with Gasteiger partial charge in [-0.15, -0.1) is 0 Å². The van der Waals surface area contributed by atoms with Crippen molar-refractivity contribution in [1.29, 1.82) is 5.26 Å². The first-order valence-electron chi connectivity index (χ1n) is 9.52. The number of alkyl halides is 3. The van der Waals surface area contributed by atoms with Gasteiger partial charge < -0.3 is 10.1 Å². The van der Waals surface area contributed by atoms with E-state index in [0.29, 0.717) is 17.4 Å². The third kappa shape index (κ3) is 6.24. The van der Waals surface area contributed by atoms with Crippen LogP contribution in [0.25, 0.3) is 5.82 Å². The number of nitriles is 1. The lowest BCUT2D eigenvalue weighted by atomic mass is 10.1. The number of aromatic nitrogens is 4. The third-order valence-corrected chi connectivity index (χ3v) is 4.70. The molecule has 3 rings (SSSR count). The van der Waals surface area contributed by atoms with Crippen molar-refractivity contribution in [2.45, 2.75) is 19.1 Å². The molecule has 1 N–H and O–H groups in total. The van der Waals surface area contributed by atoms with Crippen LogP contribution in [0.1, 0.15) is 40.3 Å². The van der Waals surface area contributed by atoms with Gasteiger partial charge >= 0.3 is 6.18 Å². The third-order valence-electron chi connectivity index (χ3n) is 4.39. The van der Waals surface area contributed by atoms with Gasteiger partial charge in [0.1, 0.15) is 29.2 Å². The van der Waals surface area contributed by atoms with Crippen LogP contribution in [0.15, 0.2) is 53.4 Å². The number of rotatable bonds is 7. The number of pyridine rings is 1. The zero-order valence-electron chi connectivity index (χ0n) is 17.3. The second-order valence-electron chi connectivity index (χ2n) is 6.79. The van der Waals surface area contributed by atoms with Gasteiger partial charge in [-0.1, -0.05) is 23.2 Å². The molecule has 0 spiro atoms. The van der Waals surface area contributed by atoms with Crippen LogP contribution in [0.5, 0.6) is 5.75 Å². The molecule has 13 heteroatoms. The van der Waals surface area contributed by atoms with Gasteiger partial charge in [-0.05, 0) is 43.3 Å². The van der Waals surface area contributed by atoms with Crippen molar-refractivity contribution in [3.63, 3.8) is 0 Å². The summed E-state index contributed by atoms with van der Waals surface area (Å²) < 4.78 is 46.5. The number of hydrogen-bond acceptors (Lipinski definition) is 6. The lowest BCUT2D eigenvalue weighted by Crippen LogP contribution is -2.29. The van der Waals surface area contributed by atoms with Crippen LogP contribution in [0.2, 0.25) is 0 Å². The Hall–Kier alpha value is -3.62. The SMILES string of the molecule is C[C@H](NC(=O)c1cc(OCC=C(Cl)Cl)cc(C(F)(F)F)c1)c1ncnn1-c1ccc(C#N)cn1. The molecule has 0 saturated heterocycles. The highest BCUT2D eigenvalue weighted by molar-refractivity contribution is 6.55. The highest BCUT2D eigenvalue weighted by Gasteiger charge is 2.32. The van der Waals surface area contributed by atoms with Crippen molar-refractivity contribution < 1.29 is 22.7 Å². The number of carbonyl (C=O) groups is 1. The minimum atomic E-state index is -4.71. The molecule has 176 valence electrons. The number of benzene rings is 1. The summed E-state index contributed by atoms with van der Waals surface area (Å²) in [6.07, 6.45) is -0.874. The summed E-state index contributed by atoms with van der Waals surface area (Å²) in [7, 11) is 0. The standard InChI is InChI=1S/C21H15Cl2F3N6O2/c1-12(19-29-11-30-32(19)18-3-2-13(9-27)10-28-18)31-20(33)14-6-15(21(24,25)26)8-16(7-14)34-5-4-17(22)23/h2-4,6-8,10-12H,5H2,1H3,(H,31,33)/t12-/m0/s1. The van der Waals surface area contributed by atoms with E-state index in [1.165, 1.54) is 35.4 Å². The minimum Gasteiger partial charge on any atom is -0.489 e. The predicted octanol–water partition coefficient (Wildman–Crippen LogP) is 4.74. The molecule has 1 aromatic carbocycles. The zero-order chi connectivity index (χ0) is 24.9. The van der Waals surface area contributed by atoms with Crippen molar-refractivity contribution >= 4 is 29.1 Å². The number of hydrogen-bond donors (Lipinski definition) is 1. The lowest BCUT2D eigenvalue weighted by molar-refractivity contribution is -0.137. The number of halogens is 5. The average Bonchev–Trinajstić information content (AvgIpc) is 3.28. The van der Waals surface area contributed by atoms with Gasteiger partial charge in [0.25, 0.3) is 5.91 Å². The van der Waals surface area contributed by atoms with E-state index in [9.17, 15) is 18.0 Å². The van der Waals surface area contributed by atoms with E-state index < -0.39 is 23.7 Å². The van der Waals surface area contributed by atoms with Crippen molar-refractivity contribution in [1.82, 2.24) is 25.1 Å². The van der Waals surface area contributed by atoms with Crippen molar-refractivity contribution in [3.05, 3.63) is 75.9 Å². The number of amides is 1. The van der Waals surface area contributed by atoms with E-state index >= 15 is 0 Å². The van der Waals surface area contributed by atoms with Gasteiger partial charge in [0.05, 0.1) is 17.2 Å². The van der Waals surface area contributed by atoms with E-state index in [2.05, 4.69) is 20.4 Å². The largest absolute Gasteiger partial charge is 0.489 e. The summed E-state index contributed by atoms with van der Waals surface area (Å²) in [5.74, 6) is -0.371. The van der Waals surface area contributed by atoms with Crippen molar-refractivity contribution in [2.24, 2.45) is 0 Å². The second kappa shape index (κ2) is 10.5. The molecule has 1 atom stereocenters. The Morgan fingerprint density at radius 1 is 1.29 bits per heavy atom. The molecule has 34 heavy (non-hydrogen) atoms. The average molecular weight is 511 g/mol. The van der Waals surface area contributed by atoms with Crippen LogP contribution in [-0.4, -0.2) is 32.3 Å². The topological polar surface area (TPSA) is 106 Å². The lowest BCUT2D eigenvalue weighted by Gasteiger charge is -2.16. The summed E-state index contributed by atoms with van der Waals surface area (Å²) in [4.78, 5) is 21.0. The van der Waals surface area contributed by atoms with Crippen LogP contribution in [0.4, 0.5) is 13.2 Å². The Morgan fingerprint density at radius 2 is 2.06 bits per heavy atom. The molecule has 0 aliphatic heterocycles. The number of ether oxygens (including phenoxy) is 1. The Balaban J connectivity index is 1.84. The van der Waals surface area contributed by atoms with Gasteiger partial charge in [-0.2, -0.15) is 28.2 Å². The molecule has 1 amide bonds. The normalized spacial score (nSPS) is 11.9. The second-order valence-corrected chi connectivity index (χ2v) is 7.80. The number of carbonyl (C=O) groups excluding carboxylic acids is 1. The maximum atomic E-state index is 13.4. The molecule has 2 aromatic heterocycles. The van der Waals surface area contributed by atoms with Crippen LogP contribution in [0.3, 0.4) is 0 Å². The van der Waals surface area contributed by atoms with Crippen molar-refractivity contribution in [2.75, 3.05) is 6.61 Å². The fourth-order valence-corrected chi connectivity index (χ4v) is 2.95. The quantitative estimate of drug-likeness (QED) is 0.491. The van der Waals surface area contributed by atoms with Gasteiger partial charge in [-0.25, -0.2) is 9.97 Å². The molecular weight excluding hydrogens is 496 g/mol. The molecule has 0 unspecified atom stereocenters. The van der Waals surface area contributed by atoms with Gasteiger partial charge in [0.2, 0.25) is 0 Å². The summed E-state index contributed by atoms with van der Waals surface area (Å²) in [6.45, 7) is 1.39. The van der Waals surface area contributed by atoms with Crippen LogP contribution >= 0.6 is 23.2 Å². The summed E-state index contributed by atoms with van der Waals surface area (Å²) >= 11 is 11.0. The molecule has 3 aromatic rings. The fourth-order valence-electron chi connectivity index (χ4n) is 2.82. The summed E-state index contributed by atoms with van der Waals surface area (Å²) in [5.41, 5.74) is -0.993. The zero-order valence-corrected chi connectivity index (χ0v) is 18.9. The highest BCUT2D eigenvalue weighted by atomic mass is 35.5. The van der Waals surface area contributed by atoms with Crippen LogP contribution < -0.4 is 10.1 Å². The predicted molar refractivity (Wildman–Crippen MR) is 116 cm³/mol. The van der Waals surface area contributed by atoms with Gasteiger partial charge in [-0.3, -0.25) is 4.79 Å². The van der Waals surface area contributed by atoms with Crippen LogP contribution in [-0.2, 0) is 6.18 Å². The maximum Gasteiger partial charge on any atom is 0.416 e. The Kier molecular flexibility index (Phi) is 7.75. The highest BCUT2D eigenvalue weighted by Crippen LogP contribution is 2.33. The van der Waals surface area contributed by atoms with E-state index in [1.54, 1.807) is 13.0 Å². The molecule has 0 fully saturated rings. The van der Waals surface area contributed by atoms with E-state index in [1.807, 2.05) is 6.07 Å². The van der Waals surface area contributed by atoms with Gasteiger partial charge in [0.15, 0.2) is 11.6 Å². The molecule has 8 nitrogen and oxygen atoms in total. The maximum absolute atomic E-state index is 13.4. The smallest absolute Gasteiger partial charge is 0.416 e. The number of nitrogens with zero attached hydrogens (tertiary/aromatic N) is 5. The Morgan fingerprint density at radius 3 is 2.68 bits per heavy atom. The molecular formula is C21H15Cl2F3N6O2. The number of nitrogens with one attached hydrogen (secondary N) is 1. The molecule has 0 aliphatic rings. The fraction of sp³-hybridized carbons (Fsp3) is 0.190. The first-order chi connectivity index (χ1) is 16.1. The molecule has 0 bridgehead atoms. The molecule has 0 radical (unpaired) electrons. The Labute approximate surface area is 201 Å². The minimum absolute atomic E-state index is 0.111. The summed E-state index contributed by atoms with van der Waals surface area (Å²) in [6, 6.07) is 6.92. The van der Waals surface area contributed by atoms with Gasteiger partial charge in [0, 0.05) is 11.8 Å². The summed E-state index contributed by atoms with van der Waals surface area (Å²) in [5, 5.41) is 15.6. The molecule has 0 aliphatic carbocycles. The Bertz CT molecular complexity index is 1250. The van der Waals surface area contributed by atoms with E-state index in [0.717, 1.165) is 6.07 Å². The van der Waals surface area contributed by atoms with Crippen molar-refractivity contribution in [3.8, 4) is 17.6 Å². The first kappa shape index (κ1) is 25.0. The monoisotopic (exact) mass is 510 g/mol. The molecule has 0 saturated carbocycles. The first-order valence-corrected chi connectivity index (χ1v) is 10.3. The molecule has 2 heterocycles. The van der Waals surface area contributed by atoms with Crippen LogP contribution in [0, 0.1) is 11.3 Å².